The summed E-state index contributed by atoms with van der Waals surface area (Å²) < 4.78 is 10.0. The smallest absolute Gasteiger partial charge is 0.212 e. The van der Waals surface area contributed by atoms with Crippen molar-refractivity contribution in [1.82, 2.24) is 4.98 Å². The van der Waals surface area contributed by atoms with Crippen molar-refractivity contribution in [1.29, 1.82) is 0 Å². The Morgan fingerprint density at radius 1 is 1.43 bits per heavy atom. The zero-order valence-electron chi connectivity index (χ0n) is 13.0. The predicted molar refractivity (Wildman–Crippen MR) is 86.1 cm³/mol. The van der Waals surface area contributed by atoms with E-state index in [1.54, 1.807) is 39.6 Å². The molecular formula is C16H23N3O2. The van der Waals surface area contributed by atoms with Crippen LogP contribution in [0.4, 0.5) is 0 Å². The summed E-state index contributed by atoms with van der Waals surface area (Å²) in [5.74, 6) is 1.18. The van der Waals surface area contributed by atoms with Crippen LogP contribution in [0.5, 0.6) is 5.88 Å². The molecule has 0 fully saturated rings. The molecule has 0 saturated heterocycles. The van der Waals surface area contributed by atoms with Crippen LogP contribution in [0.3, 0.4) is 0 Å². The summed E-state index contributed by atoms with van der Waals surface area (Å²) in [5, 5.41) is 0. The second-order valence-corrected chi connectivity index (χ2v) is 4.02. The molecule has 5 heteroatoms. The molecule has 0 aliphatic heterocycles. The van der Waals surface area contributed by atoms with Crippen molar-refractivity contribution in [2.75, 3.05) is 14.2 Å². The summed E-state index contributed by atoms with van der Waals surface area (Å²) in [5.41, 5.74) is 8.16. The number of rotatable bonds is 5. The first-order valence-electron chi connectivity index (χ1n) is 6.48. The Kier molecular flexibility index (Phi) is 9.31. The highest BCUT2D eigenvalue weighted by Crippen LogP contribution is 2.22. The average molecular weight is 289 g/mol. The lowest BCUT2D eigenvalue weighted by atomic mass is 10.00. The Hall–Kier alpha value is -2.32. The number of pyridine rings is 1. The number of hydrogen-bond acceptors (Lipinski definition) is 5. The molecule has 0 amide bonds. The molecule has 0 aromatic carbocycles. The quantitative estimate of drug-likeness (QED) is 0.514. The topological polar surface area (TPSA) is 69.7 Å². The third-order valence-electron chi connectivity index (χ3n) is 2.84. The van der Waals surface area contributed by atoms with Gasteiger partial charge in [0.1, 0.15) is 0 Å². The van der Waals surface area contributed by atoms with Crippen LogP contribution in [-0.4, -0.2) is 25.1 Å². The number of terminal acetylenes is 1. The van der Waals surface area contributed by atoms with E-state index in [4.69, 9.17) is 15.2 Å². The minimum absolute atomic E-state index is 0.225. The standard InChI is InChI=1S/C14H21N3O2.C2H2/c1-5-11(8-16-10(2)18-3)14(15)12-6-7-13(19-4)17-9-12;1-2/h6-9,14H,5,15H2,1-4H3;1-2H/b11-8+,16-10?;. The van der Waals surface area contributed by atoms with Crippen LogP contribution in [0.2, 0.25) is 0 Å². The zero-order valence-corrected chi connectivity index (χ0v) is 13.0. The monoisotopic (exact) mass is 289 g/mol. The molecule has 21 heavy (non-hydrogen) atoms. The van der Waals surface area contributed by atoms with E-state index >= 15 is 0 Å². The number of nitrogens with zero attached hydrogens (tertiary/aromatic N) is 2. The Morgan fingerprint density at radius 3 is 2.52 bits per heavy atom. The van der Waals surface area contributed by atoms with Crippen molar-refractivity contribution in [2.24, 2.45) is 10.7 Å². The lowest BCUT2D eigenvalue weighted by molar-refractivity contribution is 0.397. The van der Waals surface area contributed by atoms with Crippen LogP contribution in [0.15, 0.2) is 35.1 Å². The molecule has 114 valence electrons. The molecule has 0 radical (unpaired) electrons. The fraction of sp³-hybridized carbons (Fsp3) is 0.375. The van der Waals surface area contributed by atoms with Gasteiger partial charge in [0, 0.05) is 25.4 Å². The highest BCUT2D eigenvalue weighted by Gasteiger charge is 2.11. The Bertz CT molecular complexity index is 490. The zero-order chi connectivity index (χ0) is 16.3. The highest BCUT2D eigenvalue weighted by molar-refractivity contribution is 5.73. The number of aliphatic imine (C=N–C) groups is 1. The van der Waals surface area contributed by atoms with Gasteiger partial charge in [-0.2, -0.15) is 0 Å². The van der Waals surface area contributed by atoms with Crippen molar-refractivity contribution < 1.29 is 9.47 Å². The highest BCUT2D eigenvalue weighted by atomic mass is 16.5. The molecule has 0 aliphatic rings. The summed E-state index contributed by atoms with van der Waals surface area (Å²) in [6.07, 6.45) is 12.3. The molecule has 0 saturated carbocycles. The van der Waals surface area contributed by atoms with E-state index in [-0.39, 0.29) is 6.04 Å². The molecule has 0 spiro atoms. The second-order valence-electron chi connectivity index (χ2n) is 4.02. The number of methoxy groups -OCH3 is 2. The second kappa shape index (κ2) is 10.5. The maximum Gasteiger partial charge on any atom is 0.212 e. The minimum Gasteiger partial charge on any atom is -0.484 e. The lowest BCUT2D eigenvalue weighted by Crippen LogP contribution is -2.13. The van der Waals surface area contributed by atoms with Crippen LogP contribution in [0, 0.1) is 12.8 Å². The van der Waals surface area contributed by atoms with Gasteiger partial charge in [-0.25, -0.2) is 9.98 Å². The maximum absolute atomic E-state index is 6.21. The molecular weight excluding hydrogens is 266 g/mol. The van der Waals surface area contributed by atoms with Gasteiger partial charge in [-0.15, -0.1) is 12.8 Å². The number of nitrogens with two attached hydrogens (primary N) is 1. The molecule has 1 aromatic heterocycles. The molecule has 1 heterocycles. The van der Waals surface area contributed by atoms with Gasteiger partial charge in [-0.05, 0) is 17.6 Å². The maximum atomic E-state index is 6.21. The van der Waals surface area contributed by atoms with Crippen LogP contribution in [0.1, 0.15) is 31.9 Å². The summed E-state index contributed by atoms with van der Waals surface area (Å²) in [7, 11) is 3.17. The largest absolute Gasteiger partial charge is 0.484 e. The molecule has 1 rings (SSSR count). The molecule has 1 aromatic rings. The normalized spacial score (nSPS) is 12.9. The number of aromatic nitrogens is 1. The lowest BCUT2D eigenvalue weighted by Gasteiger charge is -2.14. The van der Waals surface area contributed by atoms with Crippen molar-refractivity contribution in [2.45, 2.75) is 26.3 Å². The first-order valence-corrected chi connectivity index (χ1v) is 6.48. The number of hydrogen-bond donors (Lipinski definition) is 1. The predicted octanol–water partition coefficient (Wildman–Crippen LogP) is 2.70. The van der Waals surface area contributed by atoms with Crippen molar-refractivity contribution in [3.05, 3.63) is 35.7 Å². The average Bonchev–Trinajstić information content (AvgIpc) is 2.56. The molecule has 0 aliphatic carbocycles. The van der Waals surface area contributed by atoms with Gasteiger partial charge < -0.3 is 15.2 Å². The van der Waals surface area contributed by atoms with E-state index in [2.05, 4.69) is 22.8 Å². The van der Waals surface area contributed by atoms with E-state index < -0.39 is 0 Å². The van der Waals surface area contributed by atoms with Gasteiger partial charge in [0.05, 0.1) is 20.3 Å². The van der Waals surface area contributed by atoms with Crippen LogP contribution in [0.25, 0.3) is 0 Å². The van der Waals surface area contributed by atoms with Gasteiger partial charge in [-0.1, -0.05) is 13.0 Å². The first-order chi connectivity index (χ1) is 10.1. The Labute approximate surface area is 126 Å². The van der Waals surface area contributed by atoms with Crippen molar-refractivity contribution in [3.63, 3.8) is 0 Å². The van der Waals surface area contributed by atoms with Crippen LogP contribution >= 0.6 is 0 Å². The Morgan fingerprint density at radius 2 is 2.10 bits per heavy atom. The Balaban J connectivity index is 0.00000191. The third kappa shape index (κ3) is 6.11. The fourth-order valence-electron chi connectivity index (χ4n) is 1.53. The first kappa shape index (κ1) is 18.7. The van der Waals surface area contributed by atoms with Crippen LogP contribution < -0.4 is 10.5 Å². The van der Waals surface area contributed by atoms with E-state index in [1.807, 2.05) is 13.0 Å². The molecule has 2 N–H and O–H groups in total. The van der Waals surface area contributed by atoms with E-state index in [0.717, 1.165) is 17.6 Å². The van der Waals surface area contributed by atoms with Gasteiger partial charge in [0.2, 0.25) is 5.88 Å². The van der Waals surface area contributed by atoms with Crippen LogP contribution in [-0.2, 0) is 4.74 Å². The number of ether oxygens (including phenoxy) is 2. The van der Waals surface area contributed by atoms with E-state index in [0.29, 0.717) is 11.8 Å². The summed E-state index contributed by atoms with van der Waals surface area (Å²) >= 11 is 0. The van der Waals surface area contributed by atoms with Gasteiger partial charge in [0.25, 0.3) is 0 Å². The van der Waals surface area contributed by atoms with Crippen molar-refractivity contribution in [3.8, 4) is 18.7 Å². The van der Waals surface area contributed by atoms with Gasteiger partial charge in [0.15, 0.2) is 5.90 Å². The summed E-state index contributed by atoms with van der Waals surface area (Å²) in [6.45, 7) is 3.84. The molecule has 0 bridgehead atoms. The summed E-state index contributed by atoms with van der Waals surface area (Å²) in [6, 6.07) is 3.48. The SMILES string of the molecule is C#C.CC/C(=C\N=C(C)OC)C(N)c1ccc(OC)nc1. The molecule has 1 atom stereocenters. The fourth-order valence-corrected chi connectivity index (χ4v) is 1.53. The van der Waals surface area contributed by atoms with E-state index in [1.165, 1.54) is 0 Å². The van der Waals surface area contributed by atoms with Crippen molar-refractivity contribution >= 4 is 5.90 Å². The molecule has 5 nitrogen and oxygen atoms in total. The summed E-state index contributed by atoms with van der Waals surface area (Å²) in [4.78, 5) is 8.36. The van der Waals surface area contributed by atoms with Gasteiger partial charge in [-0.3, -0.25) is 0 Å². The molecule has 1 unspecified atom stereocenters. The third-order valence-corrected chi connectivity index (χ3v) is 2.84. The van der Waals surface area contributed by atoms with E-state index in [9.17, 15) is 0 Å². The minimum atomic E-state index is -0.225. The van der Waals surface area contributed by atoms with Gasteiger partial charge >= 0.3 is 0 Å².